The Hall–Kier alpha value is -1.29. The molecule has 0 fully saturated rings. The molecule has 0 spiro atoms. The topological polar surface area (TPSA) is 27.1 Å². The largest absolute Gasteiger partial charge is 0.493 e. The van der Waals surface area contributed by atoms with Gasteiger partial charge in [-0.05, 0) is 36.8 Å². The van der Waals surface area contributed by atoms with Gasteiger partial charge in [0.1, 0.15) is 5.75 Å². The lowest BCUT2D eigenvalue weighted by atomic mass is 10.2. The molecule has 0 unspecified atom stereocenters. The number of ether oxygens (including phenoxy) is 1. The first-order valence-corrected chi connectivity index (χ1v) is 6.32. The molecule has 1 heterocycles. The van der Waals surface area contributed by atoms with Gasteiger partial charge in [-0.3, -0.25) is 4.68 Å². The lowest BCUT2D eigenvalue weighted by molar-refractivity contribution is 0.316. The van der Waals surface area contributed by atoms with Crippen molar-refractivity contribution >= 4 is 15.9 Å². The summed E-state index contributed by atoms with van der Waals surface area (Å²) in [5.74, 6) is 0.940. The molecule has 0 saturated carbocycles. The van der Waals surface area contributed by atoms with E-state index in [-0.39, 0.29) is 0 Å². The smallest absolute Gasteiger partial charge is 0.122 e. The first kappa shape index (κ1) is 12.2. The maximum Gasteiger partial charge on any atom is 0.122 e. The van der Waals surface area contributed by atoms with Crippen LogP contribution in [0.25, 0.3) is 0 Å². The summed E-state index contributed by atoms with van der Waals surface area (Å²) < 4.78 is 8.71. The van der Waals surface area contributed by atoms with Gasteiger partial charge in [-0.15, -0.1) is 0 Å². The van der Waals surface area contributed by atoms with E-state index in [9.17, 15) is 0 Å². The lowest BCUT2D eigenvalue weighted by Crippen LogP contribution is -2.06. The highest BCUT2D eigenvalue weighted by Crippen LogP contribution is 2.22. The van der Waals surface area contributed by atoms with Crippen LogP contribution in [0.3, 0.4) is 0 Å². The summed E-state index contributed by atoms with van der Waals surface area (Å²) in [5, 5.41) is 4.13. The fourth-order valence-corrected chi connectivity index (χ4v) is 2.16. The first-order chi connectivity index (χ1) is 8.16. The predicted octanol–water partition coefficient (Wildman–Crippen LogP) is 3.11. The van der Waals surface area contributed by atoms with Crippen molar-refractivity contribution in [3.05, 3.63) is 46.2 Å². The Morgan fingerprint density at radius 1 is 1.35 bits per heavy atom. The van der Waals surface area contributed by atoms with E-state index >= 15 is 0 Å². The molecule has 2 rings (SSSR count). The van der Waals surface area contributed by atoms with E-state index in [0.717, 1.165) is 22.2 Å². The number of nitrogens with zero attached hydrogens (tertiary/aromatic N) is 2. The second-order valence-corrected chi connectivity index (χ2v) is 4.87. The van der Waals surface area contributed by atoms with Gasteiger partial charge in [0.2, 0.25) is 0 Å². The summed E-state index contributed by atoms with van der Waals surface area (Å²) >= 11 is 3.44. The SMILES string of the molecule is Cc1cc(Br)ccc1OCCc1ccnn1C. The number of halogens is 1. The van der Waals surface area contributed by atoms with Crippen LogP contribution in [0, 0.1) is 6.92 Å². The Bertz CT molecular complexity index is 508. The summed E-state index contributed by atoms with van der Waals surface area (Å²) in [5.41, 5.74) is 2.32. The third-order valence-corrected chi connectivity index (χ3v) is 3.17. The molecule has 0 radical (unpaired) electrons. The summed E-state index contributed by atoms with van der Waals surface area (Å²) in [6.45, 7) is 2.71. The van der Waals surface area contributed by atoms with E-state index in [1.165, 1.54) is 5.69 Å². The van der Waals surface area contributed by atoms with Crippen molar-refractivity contribution in [2.24, 2.45) is 7.05 Å². The normalized spacial score (nSPS) is 10.5. The van der Waals surface area contributed by atoms with Gasteiger partial charge >= 0.3 is 0 Å². The Balaban J connectivity index is 1.92. The Kier molecular flexibility index (Phi) is 3.84. The fourth-order valence-electron chi connectivity index (χ4n) is 1.69. The van der Waals surface area contributed by atoms with Crippen LogP contribution in [0.5, 0.6) is 5.75 Å². The second kappa shape index (κ2) is 5.36. The molecule has 4 heteroatoms. The maximum atomic E-state index is 5.76. The highest BCUT2D eigenvalue weighted by Gasteiger charge is 2.02. The van der Waals surface area contributed by atoms with Crippen molar-refractivity contribution in [1.82, 2.24) is 9.78 Å². The number of aromatic nitrogens is 2. The quantitative estimate of drug-likeness (QED) is 0.866. The molecule has 0 atom stereocenters. The molecule has 0 saturated heterocycles. The van der Waals surface area contributed by atoms with Crippen LogP contribution in [0.4, 0.5) is 0 Å². The van der Waals surface area contributed by atoms with Crippen LogP contribution < -0.4 is 4.74 Å². The van der Waals surface area contributed by atoms with Crippen molar-refractivity contribution in [2.75, 3.05) is 6.61 Å². The van der Waals surface area contributed by atoms with Gasteiger partial charge in [0.05, 0.1) is 6.61 Å². The lowest BCUT2D eigenvalue weighted by Gasteiger charge is -2.09. The van der Waals surface area contributed by atoms with Gasteiger partial charge in [-0.2, -0.15) is 5.10 Å². The molecule has 0 bridgehead atoms. The molecule has 2 aromatic rings. The van der Waals surface area contributed by atoms with Crippen molar-refractivity contribution in [3.63, 3.8) is 0 Å². The van der Waals surface area contributed by atoms with Crippen LogP contribution in [-0.2, 0) is 13.5 Å². The fraction of sp³-hybridized carbons (Fsp3) is 0.308. The van der Waals surface area contributed by atoms with Gasteiger partial charge in [-0.25, -0.2) is 0 Å². The molecular weight excluding hydrogens is 280 g/mol. The van der Waals surface area contributed by atoms with E-state index in [0.29, 0.717) is 6.61 Å². The zero-order chi connectivity index (χ0) is 12.3. The Labute approximate surface area is 110 Å². The molecule has 0 aliphatic carbocycles. The van der Waals surface area contributed by atoms with Gasteiger partial charge in [-0.1, -0.05) is 15.9 Å². The van der Waals surface area contributed by atoms with E-state index in [1.54, 1.807) is 6.20 Å². The summed E-state index contributed by atoms with van der Waals surface area (Å²) in [7, 11) is 1.94. The Morgan fingerprint density at radius 3 is 2.82 bits per heavy atom. The number of benzene rings is 1. The number of rotatable bonds is 4. The van der Waals surface area contributed by atoms with Crippen molar-refractivity contribution in [2.45, 2.75) is 13.3 Å². The highest BCUT2D eigenvalue weighted by molar-refractivity contribution is 9.10. The van der Waals surface area contributed by atoms with Crippen LogP contribution in [-0.4, -0.2) is 16.4 Å². The van der Waals surface area contributed by atoms with Gasteiger partial charge in [0.25, 0.3) is 0 Å². The predicted molar refractivity (Wildman–Crippen MR) is 71.3 cm³/mol. The van der Waals surface area contributed by atoms with Gasteiger partial charge in [0.15, 0.2) is 0 Å². The van der Waals surface area contributed by atoms with Crippen molar-refractivity contribution in [1.29, 1.82) is 0 Å². The maximum absolute atomic E-state index is 5.76. The van der Waals surface area contributed by atoms with Gasteiger partial charge < -0.3 is 4.74 Å². The average molecular weight is 295 g/mol. The van der Waals surface area contributed by atoms with Crippen LogP contribution in [0.2, 0.25) is 0 Å². The molecule has 1 aromatic heterocycles. The van der Waals surface area contributed by atoms with E-state index in [2.05, 4.69) is 27.1 Å². The minimum Gasteiger partial charge on any atom is -0.493 e. The van der Waals surface area contributed by atoms with Crippen molar-refractivity contribution in [3.8, 4) is 5.75 Å². The van der Waals surface area contributed by atoms with E-state index in [1.807, 2.05) is 36.9 Å². The van der Waals surface area contributed by atoms with Crippen LogP contribution in [0.1, 0.15) is 11.3 Å². The van der Waals surface area contributed by atoms with Gasteiger partial charge in [0, 0.05) is 29.8 Å². The van der Waals surface area contributed by atoms with E-state index < -0.39 is 0 Å². The summed E-state index contributed by atoms with van der Waals surface area (Å²) in [6, 6.07) is 8.05. The van der Waals surface area contributed by atoms with E-state index in [4.69, 9.17) is 4.74 Å². The average Bonchev–Trinajstić information content (AvgIpc) is 2.68. The molecule has 1 aromatic carbocycles. The number of aryl methyl sites for hydroxylation is 2. The minimum atomic E-state index is 0.669. The monoisotopic (exact) mass is 294 g/mol. The molecule has 0 N–H and O–H groups in total. The highest BCUT2D eigenvalue weighted by atomic mass is 79.9. The molecular formula is C13H15BrN2O. The molecule has 3 nitrogen and oxygen atoms in total. The van der Waals surface area contributed by atoms with Crippen LogP contribution in [0.15, 0.2) is 34.9 Å². The third-order valence-electron chi connectivity index (χ3n) is 2.68. The molecule has 0 amide bonds. The number of hydrogen-bond acceptors (Lipinski definition) is 2. The third kappa shape index (κ3) is 3.09. The second-order valence-electron chi connectivity index (χ2n) is 3.95. The number of hydrogen-bond donors (Lipinski definition) is 0. The Morgan fingerprint density at radius 2 is 2.18 bits per heavy atom. The molecule has 0 aliphatic rings. The first-order valence-electron chi connectivity index (χ1n) is 5.52. The molecule has 0 aliphatic heterocycles. The van der Waals surface area contributed by atoms with Crippen molar-refractivity contribution < 1.29 is 4.74 Å². The minimum absolute atomic E-state index is 0.669. The zero-order valence-corrected chi connectivity index (χ0v) is 11.6. The van der Waals surface area contributed by atoms with Crippen LogP contribution >= 0.6 is 15.9 Å². The zero-order valence-electron chi connectivity index (χ0n) is 9.98. The summed E-state index contributed by atoms with van der Waals surface area (Å²) in [4.78, 5) is 0. The standard InChI is InChI=1S/C13H15BrN2O/c1-10-9-11(14)3-4-13(10)17-8-6-12-5-7-15-16(12)2/h3-5,7,9H,6,8H2,1-2H3. The molecule has 90 valence electrons. The summed E-state index contributed by atoms with van der Waals surface area (Å²) in [6.07, 6.45) is 2.67. The molecule has 17 heavy (non-hydrogen) atoms.